The zero-order valence-corrected chi connectivity index (χ0v) is 9.65. The summed E-state index contributed by atoms with van der Waals surface area (Å²) in [6.45, 7) is 2.29. The molecular formula is C11H20ClNO. The minimum atomic E-state index is 0.111. The van der Waals surface area contributed by atoms with E-state index in [0.29, 0.717) is 18.3 Å². The lowest BCUT2D eigenvalue weighted by molar-refractivity contribution is -0.121. The first-order valence-electron chi connectivity index (χ1n) is 5.57. The monoisotopic (exact) mass is 217 g/mol. The summed E-state index contributed by atoms with van der Waals surface area (Å²) < 4.78 is 0. The summed E-state index contributed by atoms with van der Waals surface area (Å²) in [4.78, 5) is 11.3. The molecule has 0 aliphatic heterocycles. The molecule has 0 aromatic heterocycles. The number of alkyl halides is 1. The van der Waals surface area contributed by atoms with Gasteiger partial charge in [-0.2, -0.15) is 0 Å². The van der Waals surface area contributed by atoms with E-state index in [0.717, 1.165) is 18.8 Å². The van der Waals surface area contributed by atoms with E-state index >= 15 is 0 Å². The van der Waals surface area contributed by atoms with E-state index in [-0.39, 0.29) is 5.91 Å². The van der Waals surface area contributed by atoms with E-state index in [1.807, 2.05) is 0 Å². The summed E-state index contributed by atoms with van der Waals surface area (Å²) in [7, 11) is 0. The predicted molar refractivity (Wildman–Crippen MR) is 59.5 cm³/mol. The van der Waals surface area contributed by atoms with Crippen LogP contribution in [0, 0.1) is 5.92 Å². The molecule has 1 rings (SSSR count). The smallest absolute Gasteiger partial charge is 0.221 e. The second-order valence-corrected chi connectivity index (χ2v) is 4.69. The number of rotatable bonds is 3. The van der Waals surface area contributed by atoms with E-state index in [9.17, 15) is 4.79 Å². The Hall–Kier alpha value is -0.240. The quantitative estimate of drug-likeness (QED) is 0.572. The highest BCUT2D eigenvalue weighted by atomic mass is 35.5. The van der Waals surface area contributed by atoms with Crippen LogP contribution in [0.1, 0.15) is 45.4 Å². The molecule has 3 heteroatoms. The van der Waals surface area contributed by atoms with Crippen molar-refractivity contribution in [2.45, 2.75) is 51.5 Å². The molecule has 1 saturated carbocycles. The fraction of sp³-hybridized carbons (Fsp3) is 0.909. The lowest BCUT2D eigenvalue weighted by Gasteiger charge is -2.15. The largest absolute Gasteiger partial charge is 0.353 e. The Balaban J connectivity index is 2.26. The molecule has 0 spiro atoms. The first-order valence-corrected chi connectivity index (χ1v) is 6.11. The molecular weight excluding hydrogens is 198 g/mol. The molecule has 0 aromatic rings. The zero-order chi connectivity index (χ0) is 10.4. The van der Waals surface area contributed by atoms with Crippen molar-refractivity contribution in [3.05, 3.63) is 0 Å². The number of carbonyl (C=O) groups is 1. The number of carbonyl (C=O) groups excluding carboxylic acids is 1. The standard InChI is InChI=1S/C11H20ClNO/c1-9-3-2-4-10(6-5-9)13-11(14)7-8-12/h9-10H,2-8H2,1H3,(H,13,14). The second-order valence-electron chi connectivity index (χ2n) is 4.32. The summed E-state index contributed by atoms with van der Waals surface area (Å²) in [5.41, 5.74) is 0. The van der Waals surface area contributed by atoms with Crippen LogP contribution >= 0.6 is 11.6 Å². The van der Waals surface area contributed by atoms with Gasteiger partial charge in [0.2, 0.25) is 5.91 Å². The number of halogens is 1. The Bertz CT molecular complexity index is 184. The Labute approximate surface area is 91.4 Å². The van der Waals surface area contributed by atoms with Crippen molar-refractivity contribution in [2.75, 3.05) is 5.88 Å². The lowest BCUT2D eigenvalue weighted by Crippen LogP contribution is -2.34. The summed E-state index contributed by atoms with van der Waals surface area (Å²) in [5.74, 6) is 1.36. The van der Waals surface area contributed by atoms with Crippen LogP contribution in [-0.4, -0.2) is 17.8 Å². The number of hydrogen-bond donors (Lipinski definition) is 1. The summed E-state index contributed by atoms with van der Waals surface area (Å²) in [5, 5.41) is 3.06. The SMILES string of the molecule is CC1CCCC(NC(=O)CCCl)CC1. The third-order valence-corrected chi connectivity index (χ3v) is 3.13. The molecule has 1 aliphatic carbocycles. The van der Waals surface area contributed by atoms with Crippen LogP contribution in [0.2, 0.25) is 0 Å². The number of nitrogens with one attached hydrogen (secondary N) is 1. The van der Waals surface area contributed by atoms with E-state index in [2.05, 4.69) is 12.2 Å². The van der Waals surface area contributed by atoms with Crippen LogP contribution in [0.3, 0.4) is 0 Å². The van der Waals surface area contributed by atoms with Gasteiger partial charge in [0.15, 0.2) is 0 Å². The normalized spacial score (nSPS) is 28.1. The van der Waals surface area contributed by atoms with Crippen LogP contribution in [-0.2, 0) is 4.79 Å². The van der Waals surface area contributed by atoms with Crippen molar-refractivity contribution in [2.24, 2.45) is 5.92 Å². The summed E-state index contributed by atoms with van der Waals surface area (Å²) >= 11 is 5.51. The highest BCUT2D eigenvalue weighted by Crippen LogP contribution is 2.22. The molecule has 1 aliphatic rings. The number of amides is 1. The molecule has 1 fully saturated rings. The van der Waals surface area contributed by atoms with Crippen LogP contribution < -0.4 is 5.32 Å². The second kappa shape index (κ2) is 6.28. The zero-order valence-electron chi connectivity index (χ0n) is 8.89. The van der Waals surface area contributed by atoms with Gasteiger partial charge in [-0.05, 0) is 25.2 Å². The number of hydrogen-bond acceptors (Lipinski definition) is 1. The fourth-order valence-corrected chi connectivity index (χ4v) is 2.19. The maximum Gasteiger partial charge on any atom is 0.221 e. The van der Waals surface area contributed by atoms with E-state index < -0.39 is 0 Å². The van der Waals surface area contributed by atoms with Crippen molar-refractivity contribution >= 4 is 17.5 Å². The highest BCUT2D eigenvalue weighted by Gasteiger charge is 2.17. The molecule has 1 N–H and O–H groups in total. The van der Waals surface area contributed by atoms with Crippen LogP contribution in [0.4, 0.5) is 0 Å². The van der Waals surface area contributed by atoms with Gasteiger partial charge in [-0.3, -0.25) is 4.79 Å². The molecule has 0 bridgehead atoms. The molecule has 2 unspecified atom stereocenters. The average Bonchev–Trinajstić information content (AvgIpc) is 2.32. The molecule has 14 heavy (non-hydrogen) atoms. The maximum atomic E-state index is 11.3. The minimum Gasteiger partial charge on any atom is -0.353 e. The maximum absolute atomic E-state index is 11.3. The van der Waals surface area contributed by atoms with Crippen molar-refractivity contribution in [3.63, 3.8) is 0 Å². The van der Waals surface area contributed by atoms with E-state index in [4.69, 9.17) is 11.6 Å². The van der Waals surface area contributed by atoms with Crippen molar-refractivity contribution in [1.82, 2.24) is 5.32 Å². The van der Waals surface area contributed by atoms with Crippen LogP contribution in [0.15, 0.2) is 0 Å². The molecule has 2 nitrogen and oxygen atoms in total. The van der Waals surface area contributed by atoms with Gasteiger partial charge in [-0.15, -0.1) is 11.6 Å². The molecule has 2 atom stereocenters. The molecule has 0 radical (unpaired) electrons. The predicted octanol–water partition coefficient (Wildman–Crippen LogP) is 2.70. The minimum absolute atomic E-state index is 0.111. The van der Waals surface area contributed by atoms with E-state index in [1.165, 1.54) is 19.3 Å². The third-order valence-electron chi connectivity index (χ3n) is 2.94. The first kappa shape index (κ1) is 11.8. The fourth-order valence-electron chi connectivity index (χ4n) is 2.02. The first-order chi connectivity index (χ1) is 6.72. The van der Waals surface area contributed by atoms with Crippen molar-refractivity contribution in [1.29, 1.82) is 0 Å². The topological polar surface area (TPSA) is 29.1 Å². The van der Waals surface area contributed by atoms with Crippen molar-refractivity contribution in [3.8, 4) is 0 Å². The molecule has 82 valence electrons. The van der Waals surface area contributed by atoms with Crippen molar-refractivity contribution < 1.29 is 4.79 Å². The Morgan fingerprint density at radius 3 is 2.86 bits per heavy atom. The Morgan fingerprint density at radius 2 is 2.14 bits per heavy atom. The molecule has 1 amide bonds. The third kappa shape index (κ3) is 4.32. The Morgan fingerprint density at radius 1 is 1.36 bits per heavy atom. The summed E-state index contributed by atoms with van der Waals surface area (Å²) in [6.07, 6.45) is 6.52. The van der Waals surface area contributed by atoms with Gasteiger partial charge >= 0.3 is 0 Å². The lowest BCUT2D eigenvalue weighted by atomic mass is 10.0. The van der Waals surface area contributed by atoms with Gasteiger partial charge in [0, 0.05) is 18.3 Å². The molecule has 0 aromatic carbocycles. The Kier molecular flexibility index (Phi) is 5.31. The van der Waals surface area contributed by atoms with Gasteiger partial charge in [0.25, 0.3) is 0 Å². The van der Waals surface area contributed by atoms with Gasteiger partial charge in [0.1, 0.15) is 0 Å². The highest BCUT2D eigenvalue weighted by molar-refractivity contribution is 6.18. The van der Waals surface area contributed by atoms with E-state index in [1.54, 1.807) is 0 Å². The molecule has 0 saturated heterocycles. The summed E-state index contributed by atoms with van der Waals surface area (Å²) in [6, 6.07) is 0.399. The van der Waals surface area contributed by atoms with Crippen LogP contribution in [0.5, 0.6) is 0 Å². The average molecular weight is 218 g/mol. The van der Waals surface area contributed by atoms with Gasteiger partial charge < -0.3 is 5.32 Å². The van der Waals surface area contributed by atoms with Gasteiger partial charge in [0.05, 0.1) is 0 Å². The van der Waals surface area contributed by atoms with Crippen LogP contribution in [0.25, 0.3) is 0 Å². The van der Waals surface area contributed by atoms with Gasteiger partial charge in [-0.25, -0.2) is 0 Å². The molecule has 0 heterocycles. The van der Waals surface area contributed by atoms with Gasteiger partial charge in [-0.1, -0.05) is 19.8 Å².